The number of hydrogen-bond donors (Lipinski definition) is 0. The molecular formula is C25H17ClN2. The number of pyridine rings is 2. The van der Waals surface area contributed by atoms with Crippen molar-refractivity contribution in [1.29, 1.82) is 0 Å². The van der Waals surface area contributed by atoms with Crippen LogP contribution in [0.2, 0.25) is 5.15 Å². The molecule has 0 fully saturated rings. The van der Waals surface area contributed by atoms with Crippen molar-refractivity contribution < 1.29 is 0 Å². The van der Waals surface area contributed by atoms with Crippen LogP contribution in [0.3, 0.4) is 0 Å². The normalized spacial score (nSPS) is 11.2. The minimum atomic E-state index is 0.482. The number of hydrogen-bond acceptors (Lipinski definition) is 2. The molecule has 0 spiro atoms. The fraction of sp³-hybridized carbons (Fsp3) is 0.0400. The maximum Gasteiger partial charge on any atom is 0.129 e. The fourth-order valence-electron chi connectivity index (χ4n) is 3.71. The summed E-state index contributed by atoms with van der Waals surface area (Å²) in [6.45, 7) is 2.02. The van der Waals surface area contributed by atoms with Crippen LogP contribution in [-0.4, -0.2) is 9.97 Å². The predicted molar refractivity (Wildman–Crippen MR) is 118 cm³/mol. The first-order valence-electron chi connectivity index (χ1n) is 9.21. The summed E-state index contributed by atoms with van der Waals surface area (Å²) in [4.78, 5) is 9.34. The van der Waals surface area contributed by atoms with E-state index in [1.165, 1.54) is 16.7 Å². The van der Waals surface area contributed by atoms with E-state index >= 15 is 0 Å². The van der Waals surface area contributed by atoms with Gasteiger partial charge < -0.3 is 0 Å². The number of aryl methyl sites for hydroxylation is 1. The molecule has 2 nitrogen and oxygen atoms in total. The molecule has 0 unspecified atom stereocenters. The third-order valence-corrected chi connectivity index (χ3v) is 5.22. The summed E-state index contributed by atoms with van der Waals surface area (Å²) < 4.78 is 0. The lowest BCUT2D eigenvalue weighted by molar-refractivity contribution is 1.25. The Bertz CT molecular complexity index is 1330. The second kappa shape index (κ2) is 6.74. The summed E-state index contributed by atoms with van der Waals surface area (Å²) in [6.07, 6.45) is 0. The molecule has 0 saturated heterocycles. The molecule has 0 radical (unpaired) electrons. The van der Waals surface area contributed by atoms with Crippen LogP contribution in [0, 0.1) is 6.92 Å². The Labute approximate surface area is 168 Å². The summed E-state index contributed by atoms with van der Waals surface area (Å²) >= 11 is 6.17. The minimum absolute atomic E-state index is 0.482. The van der Waals surface area contributed by atoms with Crippen molar-refractivity contribution in [2.24, 2.45) is 0 Å². The lowest BCUT2D eigenvalue weighted by Gasteiger charge is -2.12. The zero-order valence-corrected chi connectivity index (χ0v) is 16.1. The van der Waals surface area contributed by atoms with Crippen LogP contribution in [-0.2, 0) is 0 Å². The van der Waals surface area contributed by atoms with Gasteiger partial charge in [-0.2, -0.15) is 0 Å². The van der Waals surface area contributed by atoms with E-state index in [2.05, 4.69) is 71.7 Å². The SMILES string of the molecule is Cc1cc(-c2cccc(-c3ccccc3)c2)c2ccc3ccc(Cl)nc3c2n1. The van der Waals surface area contributed by atoms with Crippen LogP contribution >= 0.6 is 11.6 Å². The van der Waals surface area contributed by atoms with Gasteiger partial charge in [0.1, 0.15) is 5.15 Å². The Morgan fingerprint density at radius 1 is 0.643 bits per heavy atom. The van der Waals surface area contributed by atoms with Crippen LogP contribution in [0.15, 0.2) is 84.9 Å². The van der Waals surface area contributed by atoms with Crippen LogP contribution in [0.1, 0.15) is 5.69 Å². The van der Waals surface area contributed by atoms with Crippen molar-refractivity contribution in [3.8, 4) is 22.3 Å². The number of rotatable bonds is 2. The molecule has 0 aliphatic carbocycles. The van der Waals surface area contributed by atoms with Crippen LogP contribution < -0.4 is 0 Å². The van der Waals surface area contributed by atoms with Gasteiger partial charge in [-0.05, 0) is 53.4 Å². The maximum atomic E-state index is 6.17. The van der Waals surface area contributed by atoms with Crippen molar-refractivity contribution in [2.45, 2.75) is 6.92 Å². The summed E-state index contributed by atoms with van der Waals surface area (Å²) in [6, 6.07) is 29.2. The van der Waals surface area contributed by atoms with E-state index < -0.39 is 0 Å². The largest absolute Gasteiger partial charge is 0.251 e. The van der Waals surface area contributed by atoms with Gasteiger partial charge >= 0.3 is 0 Å². The molecule has 2 heterocycles. The molecule has 0 saturated carbocycles. The van der Waals surface area contributed by atoms with E-state index in [9.17, 15) is 0 Å². The Kier molecular flexibility index (Phi) is 4.07. The Hall–Kier alpha value is -3.23. The molecule has 134 valence electrons. The zero-order valence-electron chi connectivity index (χ0n) is 15.4. The van der Waals surface area contributed by atoms with Gasteiger partial charge in [-0.15, -0.1) is 0 Å². The third kappa shape index (κ3) is 2.92. The first kappa shape index (κ1) is 16.9. The average Bonchev–Trinajstić information content (AvgIpc) is 2.74. The average molecular weight is 381 g/mol. The van der Waals surface area contributed by atoms with Gasteiger partial charge in [-0.3, -0.25) is 4.98 Å². The lowest BCUT2D eigenvalue weighted by atomic mass is 9.95. The predicted octanol–water partition coefficient (Wildman–Crippen LogP) is 7.08. The van der Waals surface area contributed by atoms with Crippen molar-refractivity contribution in [2.75, 3.05) is 0 Å². The molecule has 0 aliphatic heterocycles. The summed E-state index contributed by atoms with van der Waals surface area (Å²) in [5, 5.41) is 2.60. The van der Waals surface area contributed by atoms with E-state index in [0.717, 1.165) is 33.1 Å². The van der Waals surface area contributed by atoms with Gasteiger partial charge in [-0.1, -0.05) is 72.3 Å². The Morgan fingerprint density at radius 2 is 1.39 bits per heavy atom. The molecule has 0 amide bonds. The van der Waals surface area contributed by atoms with Crippen LogP contribution in [0.5, 0.6) is 0 Å². The van der Waals surface area contributed by atoms with E-state index in [1.807, 2.05) is 25.1 Å². The Balaban J connectivity index is 1.78. The minimum Gasteiger partial charge on any atom is -0.251 e. The lowest BCUT2D eigenvalue weighted by Crippen LogP contribution is -1.92. The van der Waals surface area contributed by atoms with Gasteiger partial charge in [0.05, 0.1) is 11.0 Å². The Morgan fingerprint density at radius 3 is 2.25 bits per heavy atom. The van der Waals surface area contributed by atoms with Gasteiger partial charge in [-0.25, -0.2) is 4.98 Å². The van der Waals surface area contributed by atoms with Gasteiger partial charge in [0, 0.05) is 16.5 Å². The molecule has 0 aliphatic rings. The zero-order chi connectivity index (χ0) is 19.1. The topological polar surface area (TPSA) is 25.8 Å². The highest BCUT2D eigenvalue weighted by atomic mass is 35.5. The molecular weight excluding hydrogens is 364 g/mol. The highest BCUT2D eigenvalue weighted by Crippen LogP contribution is 2.34. The molecule has 3 aromatic carbocycles. The molecule has 2 aromatic heterocycles. The van der Waals surface area contributed by atoms with E-state index in [1.54, 1.807) is 0 Å². The van der Waals surface area contributed by atoms with Crippen molar-refractivity contribution >= 4 is 33.4 Å². The summed E-state index contributed by atoms with van der Waals surface area (Å²) in [5.41, 5.74) is 7.42. The second-order valence-electron chi connectivity index (χ2n) is 6.93. The van der Waals surface area contributed by atoms with E-state index in [0.29, 0.717) is 5.15 Å². The van der Waals surface area contributed by atoms with Crippen molar-refractivity contribution in [3.05, 3.63) is 95.8 Å². The fourth-order valence-corrected chi connectivity index (χ4v) is 3.86. The number of halogens is 1. The van der Waals surface area contributed by atoms with Crippen molar-refractivity contribution in [3.63, 3.8) is 0 Å². The smallest absolute Gasteiger partial charge is 0.129 e. The second-order valence-corrected chi connectivity index (χ2v) is 7.31. The van der Waals surface area contributed by atoms with Gasteiger partial charge in [0.2, 0.25) is 0 Å². The molecule has 0 bridgehead atoms. The molecule has 0 N–H and O–H groups in total. The van der Waals surface area contributed by atoms with Crippen LogP contribution in [0.25, 0.3) is 44.1 Å². The monoisotopic (exact) mass is 380 g/mol. The first-order chi connectivity index (χ1) is 13.7. The molecule has 28 heavy (non-hydrogen) atoms. The van der Waals surface area contributed by atoms with Crippen molar-refractivity contribution in [1.82, 2.24) is 9.97 Å². The molecule has 5 rings (SSSR count). The third-order valence-electron chi connectivity index (χ3n) is 5.01. The standard InChI is InChI=1S/C25H17ClN2/c1-16-14-22(20-9-5-8-19(15-20)17-6-3-2-4-7-17)21-12-10-18-11-13-23(26)28-24(18)25(21)27-16/h2-15H,1H3. The number of fused-ring (bicyclic) bond motifs is 3. The molecule has 5 aromatic rings. The van der Waals surface area contributed by atoms with E-state index in [-0.39, 0.29) is 0 Å². The number of benzene rings is 3. The van der Waals surface area contributed by atoms with Gasteiger partial charge in [0.25, 0.3) is 0 Å². The number of aromatic nitrogens is 2. The summed E-state index contributed by atoms with van der Waals surface area (Å²) in [5.74, 6) is 0. The van der Waals surface area contributed by atoms with Crippen LogP contribution in [0.4, 0.5) is 0 Å². The van der Waals surface area contributed by atoms with E-state index in [4.69, 9.17) is 16.6 Å². The summed E-state index contributed by atoms with van der Waals surface area (Å²) in [7, 11) is 0. The first-order valence-corrected chi connectivity index (χ1v) is 9.59. The molecule has 0 atom stereocenters. The van der Waals surface area contributed by atoms with Gasteiger partial charge in [0.15, 0.2) is 0 Å². The highest BCUT2D eigenvalue weighted by Gasteiger charge is 2.11. The molecule has 3 heteroatoms. The quantitative estimate of drug-likeness (QED) is 0.241. The highest BCUT2D eigenvalue weighted by molar-refractivity contribution is 6.30. The maximum absolute atomic E-state index is 6.17. The number of nitrogens with zero attached hydrogens (tertiary/aromatic N) is 2.